The first-order valence-electron chi connectivity index (χ1n) is 6.48. The molecule has 0 saturated heterocycles. The zero-order valence-electron chi connectivity index (χ0n) is 11.6. The standard InChI is InChI=1S/C16H21NO/c1-5-17-10-16-14(6-7-18-16)15-9-12(3)11(2)8-13(15)4/h6-9,17H,5,10H2,1-4H3. The molecule has 2 aromatic rings. The van der Waals surface area contributed by atoms with E-state index in [-0.39, 0.29) is 0 Å². The van der Waals surface area contributed by atoms with Crippen LogP contribution in [0.5, 0.6) is 0 Å². The van der Waals surface area contributed by atoms with Crippen LogP contribution in [-0.2, 0) is 6.54 Å². The SMILES string of the molecule is CCNCc1occc1-c1cc(C)c(C)cc1C. The van der Waals surface area contributed by atoms with Gasteiger partial charge in [0.1, 0.15) is 5.76 Å². The monoisotopic (exact) mass is 243 g/mol. The summed E-state index contributed by atoms with van der Waals surface area (Å²) in [5, 5.41) is 3.31. The Balaban J connectivity index is 2.42. The Morgan fingerprint density at radius 2 is 1.72 bits per heavy atom. The van der Waals surface area contributed by atoms with Gasteiger partial charge < -0.3 is 9.73 Å². The van der Waals surface area contributed by atoms with E-state index in [0.29, 0.717) is 0 Å². The van der Waals surface area contributed by atoms with Crippen molar-refractivity contribution in [3.8, 4) is 11.1 Å². The van der Waals surface area contributed by atoms with Crippen molar-refractivity contribution in [3.05, 3.63) is 46.9 Å². The number of benzene rings is 1. The Hall–Kier alpha value is -1.54. The molecule has 0 fully saturated rings. The van der Waals surface area contributed by atoms with Crippen LogP contribution in [0.1, 0.15) is 29.4 Å². The Labute approximate surface area is 109 Å². The quantitative estimate of drug-likeness (QED) is 0.878. The molecule has 0 saturated carbocycles. The first kappa shape index (κ1) is 12.9. The van der Waals surface area contributed by atoms with E-state index in [1.54, 1.807) is 6.26 Å². The highest BCUT2D eigenvalue weighted by molar-refractivity contribution is 5.70. The van der Waals surface area contributed by atoms with E-state index in [0.717, 1.165) is 18.8 Å². The molecular formula is C16H21NO. The molecule has 18 heavy (non-hydrogen) atoms. The van der Waals surface area contributed by atoms with Gasteiger partial charge in [0.25, 0.3) is 0 Å². The van der Waals surface area contributed by atoms with Crippen LogP contribution in [0.25, 0.3) is 11.1 Å². The number of furan rings is 1. The van der Waals surface area contributed by atoms with E-state index in [4.69, 9.17) is 4.42 Å². The summed E-state index contributed by atoms with van der Waals surface area (Å²) >= 11 is 0. The van der Waals surface area contributed by atoms with Crippen LogP contribution in [0.15, 0.2) is 28.9 Å². The molecule has 2 rings (SSSR count). The lowest BCUT2D eigenvalue weighted by Gasteiger charge is -2.10. The van der Waals surface area contributed by atoms with Crippen LogP contribution >= 0.6 is 0 Å². The summed E-state index contributed by atoms with van der Waals surface area (Å²) in [5.41, 5.74) is 6.45. The Morgan fingerprint density at radius 1 is 1.00 bits per heavy atom. The molecule has 0 aliphatic carbocycles. The minimum Gasteiger partial charge on any atom is -0.467 e. The molecule has 1 aromatic carbocycles. The van der Waals surface area contributed by atoms with Crippen molar-refractivity contribution in [1.29, 1.82) is 0 Å². The van der Waals surface area contributed by atoms with Crippen molar-refractivity contribution < 1.29 is 4.42 Å². The molecule has 0 spiro atoms. The molecule has 0 aliphatic heterocycles. The van der Waals surface area contributed by atoms with Crippen LogP contribution in [-0.4, -0.2) is 6.54 Å². The fourth-order valence-corrected chi connectivity index (χ4v) is 2.21. The van der Waals surface area contributed by atoms with Gasteiger partial charge in [-0.15, -0.1) is 0 Å². The molecule has 96 valence electrons. The lowest BCUT2D eigenvalue weighted by molar-refractivity contribution is 0.489. The fourth-order valence-electron chi connectivity index (χ4n) is 2.21. The Kier molecular flexibility index (Phi) is 3.87. The molecule has 0 amide bonds. The average Bonchev–Trinajstić information content (AvgIpc) is 2.79. The maximum atomic E-state index is 5.58. The van der Waals surface area contributed by atoms with E-state index in [1.807, 2.05) is 0 Å². The van der Waals surface area contributed by atoms with E-state index >= 15 is 0 Å². The van der Waals surface area contributed by atoms with Gasteiger partial charge in [-0.05, 0) is 55.6 Å². The van der Waals surface area contributed by atoms with Gasteiger partial charge >= 0.3 is 0 Å². The summed E-state index contributed by atoms with van der Waals surface area (Å²) in [5.74, 6) is 1.02. The highest BCUT2D eigenvalue weighted by atomic mass is 16.3. The molecule has 0 aliphatic rings. The van der Waals surface area contributed by atoms with E-state index in [9.17, 15) is 0 Å². The highest BCUT2D eigenvalue weighted by Gasteiger charge is 2.11. The lowest BCUT2D eigenvalue weighted by atomic mass is 9.96. The Bertz CT molecular complexity index is 540. The van der Waals surface area contributed by atoms with Gasteiger partial charge in [-0.2, -0.15) is 0 Å². The number of rotatable bonds is 4. The number of nitrogens with one attached hydrogen (secondary N) is 1. The van der Waals surface area contributed by atoms with Gasteiger partial charge in [-0.1, -0.05) is 19.1 Å². The van der Waals surface area contributed by atoms with Crippen molar-refractivity contribution in [2.45, 2.75) is 34.2 Å². The topological polar surface area (TPSA) is 25.2 Å². The number of hydrogen-bond acceptors (Lipinski definition) is 2. The summed E-state index contributed by atoms with van der Waals surface area (Å²) in [6.45, 7) is 10.3. The smallest absolute Gasteiger partial charge is 0.125 e. The second kappa shape index (κ2) is 5.40. The highest BCUT2D eigenvalue weighted by Crippen LogP contribution is 2.30. The Morgan fingerprint density at radius 3 is 2.44 bits per heavy atom. The normalized spacial score (nSPS) is 10.9. The lowest BCUT2D eigenvalue weighted by Crippen LogP contribution is -2.11. The molecule has 1 aromatic heterocycles. The zero-order valence-corrected chi connectivity index (χ0v) is 11.6. The van der Waals surface area contributed by atoms with Gasteiger partial charge in [0.15, 0.2) is 0 Å². The number of aryl methyl sites for hydroxylation is 3. The maximum absolute atomic E-state index is 5.58. The summed E-state index contributed by atoms with van der Waals surface area (Å²) in [6.07, 6.45) is 1.77. The van der Waals surface area contributed by atoms with Crippen molar-refractivity contribution in [2.75, 3.05) is 6.54 Å². The van der Waals surface area contributed by atoms with E-state index < -0.39 is 0 Å². The first-order chi connectivity index (χ1) is 8.63. The molecule has 1 heterocycles. The van der Waals surface area contributed by atoms with Crippen molar-refractivity contribution in [3.63, 3.8) is 0 Å². The molecule has 2 nitrogen and oxygen atoms in total. The minimum atomic E-state index is 0.783. The van der Waals surface area contributed by atoms with E-state index in [2.05, 4.69) is 51.2 Å². The zero-order chi connectivity index (χ0) is 13.1. The van der Waals surface area contributed by atoms with Gasteiger partial charge in [0.05, 0.1) is 12.8 Å². The molecule has 2 heteroatoms. The molecule has 0 atom stereocenters. The van der Waals surface area contributed by atoms with Crippen molar-refractivity contribution in [2.24, 2.45) is 0 Å². The molecule has 0 radical (unpaired) electrons. The molecule has 0 bridgehead atoms. The van der Waals surface area contributed by atoms with Gasteiger partial charge in [-0.3, -0.25) is 0 Å². The third-order valence-electron chi connectivity index (χ3n) is 3.41. The van der Waals surface area contributed by atoms with Crippen LogP contribution in [0.3, 0.4) is 0 Å². The van der Waals surface area contributed by atoms with Crippen LogP contribution in [0.4, 0.5) is 0 Å². The van der Waals surface area contributed by atoms with Gasteiger partial charge in [0, 0.05) is 5.56 Å². The van der Waals surface area contributed by atoms with E-state index in [1.165, 1.54) is 27.8 Å². The molecule has 1 N–H and O–H groups in total. The second-order valence-corrected chi connectivity index (χ2v) is 4.79. The predicted octanol–water partition coefficient (Wildman–Crippen LogP) is 3.98. The third-order valence-corrected chi connectivity index (χ3v) is 3.41. The second-order valence-electron chi connectivity index (χ2n) is 4.79. The third kappa shape index (κ3) is 2.49. The van der Waals surface area contributed by atoms with Crippen molar-refractivity contribution >= 4 is 0 Å². The van der Waals surface area contributed by atoms with Gasteiger partial charge in [0.2, 0.25) is 0 Å². The number of hydrogen-bond donors (Lipinski definition) is 1. The van der Waals surface area contributed by atoms with Crippen LogP contribution in [0.2, 0.25) is 0 Å². The van der Waals surface area contributed by atoms with Crippen LogP contribution < -0.4 is 5.32 Å². The summed E-state index contributed by atoms with van der Waals surface area (Å²) in [4.78, 5) is 0. The molecule has 0 unspecified atom stereocenters. The summed E-state index contributed by atoms with van der Waals surface area (Å²) in [6, 6.07) is 6.56. The summed E-state index contributed by atoms with van der Waals surface area (Å²) in [7, 11) is 0. The summed E-state index contributed by atoms with van der Waals surface area (Å²) < 4.78 is 5.58. The molecular weight excluding hydrogens is 222 g/mol. The maximum Gasteiger partial charge on any atom is 0.125 e. The average molecular weight is 243 g/mol. The largest absolute Gasteiger partial charge is 0.467 e. The van der Waals surface area contributed by atoms with Crippen LogP contribution in [0, 0.1) is 20.8 Å². The minimum absolute atomic E-state index is 0.783. The first-order valence-corrected chi connectivity index (χ1v) is 6.48. The fraction of sp³-hybridized carbons (Fsp3) is 0.375. The van der Waals surface area contributed by atoms with Gasteiger partial charge in [-0.25, -0.2) is 0 Å². The predicted molar refractivity (Wildman–Crippen MR) is 75.7 cm³/mol. The van der Waals surface area contributed by atoms with Crippen molar-refractivity contribution in [1.82, 2.24) is 5.32 Å².